The molecular weight excluding hydrogens is 244 g/mol. The van der Waals surface area contributed by atoms with E-state index in [1.807, 2.05) is 32.9 Å². The molecule has 0 bridgehead atoms. The molecule has 3 N–H and O–H groups in total. The van der Waals surface area contributed by atoms with E-state index in [4.69, 9.17) is 4.52 Å². The van der Waals surface area contributed by atoms with E-state index in [-0.39, 0.29) is 0 Å². The summed E-state index contributed by atoms with van der Waals surface area (Å²) in [6.45, 7) is 8.23. The molecule has 0 unspecified atom stereocenters. The molecule has 0 radical (unpaired) electrons. The van der Waals surface area contributed by atoms with Crippen LogP contribution in [0.25, 0.3) is 11.0 Å². The SMILES string of the molecule is CCNc1cc(NCC)c2o[n+]([O-])c(NCC)c2c1. The van der Waals surface area contributed by atoms with Gasteiger partial charge in [0.1, 0.15) is 0 Å². The molecule has 2 aromatic rings. The fraction of sp³-hybridized carbons (Fsp3) is 0.462. The fourth-order valence-electron chi connectivity index (χ4n) is 2.09. The molecule has 19 heavy (non-hydrogen) atoms. The Balaban J connectivity index is 2.60. The Morgan fingerprint density at radius 3 is 2.37 bits per heavy atom. The van der Waals surface area contributed by atoms with E-state index < -0.39 is 0 Å². The highest BCUT2D eigenvalue weighted by molar-refractivity contribution is 5.97. The van der Waals surface area contributed by atoms with Crippen LogP contribution in [-0.4, -0.2) is 19.6 Å². The Kier molecular flexibility index (Phi) is 3.99. The van der Waals surface area contributed by atoms with Gasteiger partial charge in [-0.05, 0) is 37.8 Å². The first kappa shape index (κ1) is 13.3. The van der Waals surface area contributed by atoms with Gasteiger partial charge in [0, 0.05) is 18.8 Å². The normalized spacial score (nSPS) is 10.7. The quantitative estimate of drug-likeness (QED) is 0.698. The third-order valence-electron chi connectivity index (χ3n) is 2.79. The van der Waals surface area contributed by atoms with Crippen LogP contribution >= 0.6 is 0 Å². The van der Waals surface area contributed by atoms with E-state index in [9.17, 15) is 5.21 Å². The van der Waals surface area contributed by atoms with E-state index in [0.29, 0.717) is 22.8 Å². The first-order valence-corrected chi connectivity index (χ1v) is 6.63. The van der Waals surface area contributed by atoms with Gasteiger partial charge < -0.3 is 20.4 Å². The van der Waals surface area contributed by atoms with Gasteiger partial charge in [-0.25, -0.2) is 0 Å². The molecule has 0 saturated carbocycles. The van der Waals surface area contributed by atoms with Crippen molar-refractivity contribution in [1.29, 1.82) is 0 Å². The average molecular weight is 264 g/mol. The third-order valence-corrected chi connectivity index (χ3v) is 2.79. The molecule has 1 aromatic carbocycles. The van der Waals surface area contributed by atoms with Crippen molar-refractivity contribution in [2.75, 3.05) is 35.6 Å². The summed E-state index contributed by atoms with van der Waals surface area (Å²) in [7, 11) is 0. The van der Waals surface area contributed by atoms with Crippen molar-refractivity contribution in [3.8, 4) is 0 Å². The van der Waals surface area contributed by atoms with Gasteiger partial charge in [0.2, 0.25) is 0 Å². The Labute approximate surface area is 112 Å². The lowest BCUT2D eigenvalue weighted by atomic mass is 10.2. The number of aromatic nitrogens is 1. The van der Waals surface area contributed by atoms with Crippen molar-refractivity contribution in [2.24, 2.45) is 0 Å². The van der Waals surface area contributed by atoms with Crippen LogP contribution in [0.15, 0.2) is 16.7 Å². The number of anilines is 3. The zero-order chi connectivity index (χ0) is 13.8. The first-order valence-electron chi connectivity index (χ1n) is 6.63. The number of rotatable bonds is 6. The van der Waals surface area contributed by atoms with Gasteiger partial charge in [0.15, 0.2) is 0 Å². The highest BCUT2D eigenvalue weighted by Crippen LogP contribution is 2.31. The van der Waals surface area contributed by atoms with Gasteiger partial charge in [0.25, 0.3) is 0 Å². The second-order valence-electron chi connectivity index (χ2n) is 4.19. The Bertz CT molecular complexity index is 565. The van der Waals surface area contributed by atoms with Crippen molar-refractivity contribution in [3.63, 3.8) is 0 Å². The maximum Gasteiger partial charge on any atom is 0.324 e. The zero-order valence-electron chi connectivity index (χ0n) is 11.5. The largest absolute Gasteiger partial charge is 0.437 e. The Morgan fingerprint density at radius 1 is 1.05 bits per heavy atom. The molecule has 0 aliphatic heterocycles. The lowest BCUT2D eigenvalue weighted by Crippen LogP contribution is -2.27. The van der Waals surface area contributed by atoms with Crippen molar-refractivity contribution in [3.05, 3.63) is 17.3 Å². The first-order chi connectivity index (χ1) is 9.21. The number of fused-ring (bicyclic) bond motifs is 1. The van der Waals surface area contributed by atoms with Crippen LogP contribution in [0.3, 0.4) is 0 Å². The predicted molar refractivity (Wildman–Crippen MR) is 77.7 cm³/mol. The maximum atomic E-state index is 11.8. The van der Waals surface area contributed by atoms with Crippen molar-refractivity contribution in [2.45, 2.75) is 20.8 Å². The van der Waals surface area contributed by atoms with Gasteiger partial charge in [-0.1, -0.05) is 0 Å². The molecular formula is C13H20N4O2. The van der Waals surface area contributed by atoms with Crippen LogP contribution in [0.1, 0.15) is 20.8 Å². The van der Waals surface area contributed by atoms with Gasteiger partial charge in [-0.15, -0.1) is 0 Å². The van der Waals surface area contributed by atoms with E-state index >= 15 is 0 Å². The molecule has 1 heterocycles. The van der Waals surface area contributed by atoms with Gasteiger partial charge in [-0.2, -0.15) is 0 Å². The lowest BCUT2D eigenvalue weighted by molar-refractivity contribution is -0.776. The predicted octanol–water partition coefficient (Wildman–Crippen LogP) is 2.36. The number of nitrogens with one attached hydrogen (secondary N) is 3. The second-order valence-corrected chi connectivity index (χ2v) is 4.19. The average Bonchev–Trinajstić information content (AvgIpc) is 2.69. The van der Waals surface area contributed by atoms with Crippen LogP contribution in [0, 0.1) is 5.21 Å². The van der Waals surface area contributed by atoms with E-state index in [0.717, 1.165) is 29.9 Å². The highest BCUT2D eigenvalue weighted by atomic mass is 16.7. The summed E-state index contributed by atoms with van der Waals surface area (Å²) in [5.74, 6) is 0.455. The standard InChI is InChI=1S/C13H20N4O2/c1-4-14-9-7-10-12(11(8-9)15-5-2)19-17(18)13(10)16-6-3/h7-8,14-16H,4-6H2,1-3H3. The van der Waals surface area contributed by atoms with Crippen LogP contribution in [-0.2, 0) is 0 Å². The monoisotopic (exact) mass is 264 g/mol. The summed E-state index contributed by atoms with van der Waals surface area (Å²) in [4.78, 5) is 0.532. The topological polar surface area (TPSA) is 76.2 Å². The summed E-state index contributed by atoms with van der Waals surface area (Å²) in [6.07, 6.45) is 0. The number of hydrogen-bond donors (Lipinski definition) is 3. The van der Waals surface area contributed by atoms with Crippen molar-refractivity contribution >= 4 is 28.2 Å². The minimum atomic E-state index is 0.455. The number of benzene rings is 1. The molecule has 104 valence electrons. The Hall–Kier alpha value is -2.11. The van der Waals surface area contributed by atoms with Crippen molar-refractivity contribution in [1.82, 2.24) is 0 Å². The summed E-state index contributed by atoms with van der Waals surface area (Å²) >= 11 is 0. The zero-order valence-corrected chi connectivity index (χ0v) is 11.5. The molecule has 0 aliphatic rings. The molecule has 0 fully saturated rings. The number of nitrogens with zero attached hydrogens (tertiary/aromatic N) is 1. The highest BCUT2D eigenvalue weighted by Gasteiger charge is 2.17. The molecule has 0 saturated heterocycles. The van der Waals surface area contributed by atoms with Gasteiger partial charge in [-0.3, -0.25) is 5.32 Å². The minimum absolute atomic E-state index is 0.455. The van der Waals surface area contributed by atoms with E-state index in [1.54, 1.807) is 0 Å². The molecule has 0 amide bonds. The molecule has 6 heteroatoms. The summed E-state index contributed by atoms with van der Waals surface area (Å²) < 4.78 is 5.28. The summed E-state index contributed by atoms with van der Waals surface area (Å²) in [6, 6.07) is 3.88. The molecule has 6 nitrogen and oxygen atoms in total. The van der Waals surface area contributed by atoms with Gasteiger partial charge in [0.05, 0.1) is 23.2 Å². The maximum absolute atomic E-state index is 11.8. The van der Waals surface area contributed by atoms with Crippen LogP contribution in [0.2, 0.25) is 0 Å². The van der Waals surface area contributed by atoms with Crippen molar-refractivity contribution < 1.29 is 9.43 Å². The second kappa shape index (κ2) is 5.69. The third kappa shape index (κ3) is 2.52. The Morgan fingerprint density at radius 2 is 1.74 bits per heavy atom. The van der Waals surface area contributed by atoms with Crippen LogP contribution in [0.5, 0.6) is 0 Å². The number of hydrogen-bond acceptors (Lipinski definition) is 5. The van der Waals surface area contributed by atoms with Crippen LogP contribution in [0.4, 0.5) is 17.2 Å². The lowest BCUT2D eigenvalue weighted by Gasteiger charge is -2.09. The van der Waals surface area contributed by atoms with E-state index in [2.05, 4.69) is 16.0 Å². The van der Waals surface area contributed by atoms with Gasteiger partial charge >= 0.3 is 5.82 Å². The minimum Gasteiger partial charge on any atom is -0.437 e. The summed E-state index contributed by atoms with van der Waals surface area (Å²) in [5.41, 5.74) is 2.37. The molecule has 0 spiro atoms. The smallest absolute Gasteiger partial charge is 0.324 e. The van der Waals surface area contributed by atoms with Crippen LogP contribution < -0.4 is 20.9 Å². The summed E-state index contributed by atoms with van der Waals surface area (Å²) in [5, 5.41) is 22.1. The molecule has 0 atom stereocenters. The van der Waals surface area contributed by atoms with E-state index in [1.165, 1.54) is 0 Å². The molecule has 2 rings (SSSR count). The molecule has 1 aromatic heterocycles. The molecule has 0 aliphatic carbocycles. The fourth-order valence-corrected chi connectivity index (χ4v) is 2.09.